The summed E-state index contributed by atoms with van der Waals surface area (Å²) in [4.78, 5) is 1.85. The summed E-state index contributed by atoms with van der Waals surface area (Å²) in [5.74, 6) is -1.34. The molecular weight excluding hydrogens is 253 g/mol. The van der Waals surface area contributed by atoms with Crippen molar-refractivity contribution in [3.8, 4) is 0 Å². The quantitative estimate of drug-likeness (QED) is 0.916. The lowest BCUT2D eigenvalue weighted by atomic mass is 9.79. The maximum absolute atomic E-state index is 13.1. The predicted octanol–water partition coefficient (Wildman–Crippen LogP) is 2.65. The maximum Gasteiger partial charge on any atom is 0.393 e. The number of benzene rings is 1. The average molecular weight is 272 g/mol. The molecule has 2 atom stereocenters. The normalized spacial score (nSPS) is 28.8. The number of hydrogen-bond donors (Lipinski definition) is 1. The molecular formula is C14H19F3N2. The number of hydrogen-bond acceptors (Lipinski definition) is 2. The molecule has 2 nitrogen and oxygen atoms in total. The van der Waals surface area contributed by atoms with Crippen LogP contribution in [0.4, 0.5) is 13.2 Å². The Kier molecular flexibility index (Phi) is 3.87. The van der Waals surface area contributed by atoms with Crippen molar-refractivity contribution in [1.29, 1.82) is 0 Å². The second-order valence-corrected chi connectivity index (χ2v) is 5.61. The highest BCUT2D eigenvalue weighted by atomic mass is 19.4. The Balaban J connectivity index is 2.11. The zero-order chi connectivity index (χ0) is 14.1. The fourth-order valence-corrected chi connectivity index (χ4v) is 2.83. The molecule has 0 amide bonds. The Morgan fingerprint density at radius 2 is 1.95 bits per heavy atom. The van der Waals surface area contributed by atoms with Crippen molar-refractivity contribution in [3.05, 3.63) is 35.9 Å². The Labute approximate surface area is 111 Å². The molecule has 0 saturated carbocycles. The molecule has 2 rings (SSSR count). The Morgan fingerprint density at radius 3 is 2.42 bits per heavy atom. The van der Waals surface area contributed by atoms with Crippen LogP contribution in [0.3, 0.4) is 0 Å². The molecule has 1 aliphatic rings. The van der Waals surface area contributed by atoms with Crippen molar-refractivity contribution in [2.45, 2.75) is 19.6 Å². The highest BCUT2D eigenvalue weighted by molar-refractivity contribution is 5.15. The Bertz CT molecular complexity index is 418. The van der Waals surface area contributed by atoms with Crippen molar-refractivity contribution < 1.29 is 13.2 Å². The summed E-state index contributed by atoms with van der Waals surface area (Å²) < 4.78 is 39.2. The summed E-state index contributed by atoms with van der Waals surface area (Å²) in [6, 6.07) is 9.56. The standard InChI is InChI=1S/C14H19F3N2/c1-13(9-18)10-19(8-12(13)14(15,16)17)7-11-5-3-2-4-6-11/h2-6,12H,7-10,18H2,1H3/t12-,13+/m1/s1. The van der Waals surface area contributed by atoms with Gasteiger partial charge in [-0.1, -0.05) is 37.3 Å². The fraction of sp³-hybridized carbons (Fsp3) is 0.571. The number of nitrogens with two attached hydrogens (primary N) is 1. The van der Waals surface area contributed by atoms with Gasteiger partial charge in [0.15, 0.2) is 0 Å². The van der Waals surface area contributed by atoms with Gasteiger partial charge < -0.3 is 5.73 Å². The molecule has 1 aromatic rings. The number of halogens is 3. The minimum Gasteiger partial charge on any atom is -0.330 e. The SMILES string of the molecule is C[C@]1(CN)CN(Cc2ccccc2)C[C@H]1C(F)(F)F. The van der Waals surface area contributed by atoms with Gasteiger partial charge in [0, 0.05) is 25.0 Å². The summed E-state index contributed by atoms with van der Waals surface area (Å²) in [5, 5.41) is 0. The first-order valence-corrected chi connectivity index (χ1v) is 6.38. The van der Waals surface area contributed by atoms with Crippen LogP contribution in [0.5, 0.6) is 0 Å². The molecule has 1 heterocycles. The topological polar surface area (TPSA) is 29.3 Å². The molecule has 1 aromatic carbocycles. The van der Waals surface area contributed by atoms with Gasteiger partial charge >= 0.3 is 6.18 Å². The van der Waals surface area contributed by atoms with E-state index in [0.717, 1.165) is 5.56 Å². The molecule has 0 aromatic heterocycles. The second-order valence-electron chi connectivity index (χ2n) is 5.61. The molecule has 106 valence electrons. The summed E-state index contributed by atoms with van der Waals surface area (Å²) in [7, 11) is 0. The van der Waals surface area contributed by atoms with E-state index >= 15 is 0 Å². The van der Waals surface area contributed by atoms with Gasteiger partial charge in [0.25, 0.3) is 0 Å². The van der Waals surface area contributed by atoms with E-state index in [1.165, 1.54) is 0 Å². The van der Waals surface area contributed by atoms with Crippen molar-refractivity contribution in [3.63, 3.8) is 0 Å². The highest BCUT2D eigenvalue weighted by Gasteiger charge is 2.55. The first-order valence-electron chi connectivity index (χ1n) is 6.38. The number of likely N-dealkylation sites (tertiary alicyclic amines) is 1. The van der Waals surface area contributed by atoms with E-state index in [1.807, 2.05) is 35.2 Å². The second kappa shape index (κ2) is 5.13. The molecule has 1 aliphatic heterocycles. The minimum atomic E-state index is -4.18. The average Bonchev–Trinajstić information content (AvgIpc) is 2.68. The molecule has 1 fully saturated rings. The third-order valence-corrected chi connectivity index (χ3v) is 3.98. The molecule has 5 heteroatoms. The number of rotatable bonds is 3. The van der Waals surface area contributed by atoms with E-state index < -0.39 is 17.5 Å². The molecule has 0 bridgehead atoms. The van der Waals surface area contributed by atoms with Crippen LogP contribution >= 0.6 is 0 Å². The lowest BCUT2D eigenvalue weighted by molar-refractivity contribution is -0.192. The number of nitrogens with zero attached hydrogens (tertiary/aromatic N) is 1. The van der Waals surface area contributed by atoms with E-state index in [0.29, 0.717) is 13.1 Å². The Hall–Kier alpha value is -1.07. The van der Waals surface area contributed by atoms with Crippen molar-refractivity contribution >= 4 is 0 Å². The van der Waals surface area contributed by atoms with Gasteiger partial charge in [0.2, 0.25) is 0 Å². The molecule has 0 spiro atoms. The van der Waals surface area contributed by atoms with Crippen LogP contribution in [0.25, 0.3) is 0 Å². The zero-order valence-corrected chi connectivity index (χ0v) is 11.0. The first kappa shape index (κ1) is 14.3. The first-order chi connectivity index (χ1) is 8.85. The molecule has 0 aliphatic carbocycles. The lowest BCUT2D eigenvalue weighted by Gasteiger charge is -2.30. The van der Waals surface area contributed by atoms with Crippen molar-refractivity contribution in [2.24, 2.45) is 17.1 Å². The zero-order valence-electron chi connectivity index (χ0n) is 11.0. The van der Waals surface area contributed by atoms with Gasteiger partial charge in [-0.15, -0.1) is 0 Å². The van der Waals surface area contributed by atoms with Gasteiger partial charge in [0.05, 0.1) is 5.92 Å². The largest absolute Gasteiger partial charge is 0.393 e. The van der Waals surface area contributed by atoms with Crippen LogP contribution in [0, 0.1) is 11.3 Å². The van der Waals surface area contributed by atoms with Crippen LogP contribution in [0.1, 0.15) is 12.5 Å². The van der Waals surface area contributed by atoms with Gasteiger partial charge in [0.1, 0.15) is 0 Å². The fourth-order valence-electron chi connectivity index (χ4n) is 2.83. The molecule has 1 saturated heterocycles. The van der Waals surface area contributed by atoms with Crippen molar-refractivity contribution in [2.75, 3.05) is 19.6 Å². The van der Waals surface area contributed by atoms with E-state index in [-0.39, 0.29) is 13.1 Å². The lowest BCUT2D eigenvalue weighted by Crippen LogP contribution is -2.42. The molecule has 19 heavy (non-hydrogen) atoms. The predicted molar refractivity (Wildman–Crippen MR) is 68.4 cm³/mol. The minimum absolute atomic E-state index is 0.0338. The summed E-state index contributed by atoms with van der Waals surface area (Å²) in [5.41, 5.74) is 5.73. The third-order valence-electron chi connectivity index (χ3n) is 3.98. The molecule has 0 radical (unpaired) electrons. The van der Waals surface area contributed by atoms with Gasteiger partial charge in [-0.2, -0.15) is 13.2 Å². The van der Waals surface area contributed by atoms with Gasteiger partial charge in [-0.25, -0.2) is 0 Å². The molecule has 2 N–H and O–H groups in total. The summed E-state index contributed by atoms with van der Waals surface area (Å²) in [6.45, 7) is 2.66. The van der Waals surface area contributed by atoms with Gasteiger partial charge in [-0.3, -0.25) is 4.90 Å². The Morgan fingerprint density at radius 1 is 1.32 bits per heavy atom. The van der Waals surface area contributed by atoms with Crippen LogP contribution < -0.4 is 5.73 Å². The maximum atomic E-state index is 13.1. The van der Waals surface area contributed by atoms with Crippen LogP contribution in [-0.2, 0) is 6.54 Å². The van der Waals surface area contributed by atoms with Crippen molar-refractivity contribution in [1.82, 2.24) is 4.90 Å². The number of alkyl halides is 3. The van der Waals surface area contributed by atoms with E-state index in [4.69, 9.17) is 5.73 Å². The van der Waals surface area contributed by atoms with Crippen LogP contribution in [0.15, 0.2) is 30.3 Å². The third kappa shape index (κ3) is 3.09. The van der Waals surface area contributed by atoms with Gasteiger partial charge in [-0.05, 0) is 12.1 Å². The highest BCUT2D eigenvalue weighted by Crippen LogP contribution is 2.45. The smallest absolute Gasteiger partial charge is 0.330 e. The van der Waals surface area contributed by atoms with E-state index in [9.17, 15) is 13.2 Å². The molecule has 0 unspecified atom stereocenters. The van der Waals surface area contributed by atoms with Crippen LogP contribution in [0.2, 0.25) is 0 Å². The van der Waals surface area contributed by atoms with E-state index in [1.54, 1.807) is 6.92 Å². The summed E-state index contributed by atoms with van der Waals surface area (Å²) >= 11 is 0. The monoisotopic (exact) mass is 272 g/mol. The van der Waals surface area contributed by atoms with E-state index in [2.05, 4.69) is 0 Å². The summed E-state index contributed by atoms with van der Waals surface area (Å²) in [6.07, 6.45) is -4.18. The van der Waals surface area contributed by atoms with Crippen LogP contribution in [-0.4, -0.2) is 30.7 Å².